The number of fused-ring (bicyclic) bond motifs is 1. The number of aryl methyl sites for hydroxylation is 1. The number of benzene rings is 2. The van der Waals surface area contributed by atoms with Crippen molar-refractivity contribution in [2.45, 2.75) is 12.5 Å². The highest BCUT2D eigenvalue weighted by atomic mass is 15.3. The SMILES string of the molecule is Cn1nc(CC(N)c2ccccc2)c2ccccc21. The number of rotatable bonds is 3. The molecule has 0 radical (unpaired) electrons. The van der Waals surface area contributed by atoms with Crippen LogP contribution in [0.5, 0.6) is 0 Å². The number of para-hydroxylation sites is 1. The Morgan fingerprint density at radius 1 is 1.05 bits per heavy atom. The Balaban J connectivity index is 1.94. The van der Waals surface area contributed by atoms with Crippen molar-refractivity contribution < 1.29 is 0 Å². The summed E-state index contributed by atoms with van der Waals surface area (Å²) in [6.45, 7) is 0. The second-order valence-corrected chi connectivity index (χ2v) is 4.81. The standard InChI is InChI=1S/C16H17N3/c1-19-16-10-6-5-9-13(16)15(18-19)11-14(17)12-7-3-2-4-8-12/h2-10,14H,11,17H2,1H3. The lowest BCUT2D eigenvalue weighted by Crippen LogP contribution is -2.13. The molecule has 1 unspecified atom stereocenters. The van der Waals surface area contributed by atoms with Gasteiger partial charge in [-0.2, -0.15) is 5.10 Å². The van der Waals surface area contributed by atoms with Gasteiger partial charge in [0.25, 0.3) is 0 Å². The molecule has 0 aliphatic heterocycles. The van der Waals surface area contributed by atoms with Crippen LogP contribution in [0.15, 0.2) is 54.6 Å². The topological polar surface area (TPSA) is 43.8 Å². The van der Waals surface area contributed by atoms with Crippen LogP contribution in [0, 0.1) is 0 Å². The van der Waals surface area contributed by atoms with E-state index in [1.807, 2.05) is 42.1 Å². The number of hydrogen-bond acceptors (Lipinski definition) is 2. The highest BCUT2D eigenvalue weighted by Gasteiger charge is 2.13. The van der Waals surface area contributed by atoms with Crippen molar-refractivity contribution in [3.05, 3.63) is 65.9 Å². The maximum Gasteiger partial charge on any atom is 0.0722 e. The summed E-state index contributed by atoms with van der Waals surface area (Å²) in [6.07, 6.45) is 0.755. The van der Waals surface area contributed by atoms with Crippen LogP contribution in [0.25, 0.3) is 10.9 Å². The highest BCUT2D eigenvalue weighted by molar-refractivity contribution is 5.81. The molecule has 1 heterocycles. The van der Waals surface area contributed by atoms with Crippen LogP contribution in [0.3, 0.4) is 0 Å². The fraction of sp³-hybridized carbons (Fsp3) is 0.188. The zero-order valence-corrected chi connectivity index (χ0v) is 11.0. The summed E-state index contributed by atoms with van der Waals surface area (Å²) in [6, 6.07) is 18.4. The largest absolute Gasteiger partial charge is 0.324 e. The van der Waals surface area contributed by atoms with Crippen molar-refractivity contribution in [1.82, 2.24) is 9.78 Å². The first-order valence-electron chi connectivity index (χ1n) is 6.47. The van der Waals surface area contributed by atoms with E-state index in [9.17, 15) is 0 Å². The molecule has 1 aromatic heterocycles. The molecular formula is C16H17N3. The molecule has 0 aliphatic rings. The molecular weight excluding hydrogens is 234 g/mol. The van der Waals surface area contributed by atoms with Crippen molar-refractivity contribution in [1.29, 1.82) is 0 Å². The van der Waals surface area contributed by atoms with Crippen LogP contribution in [0.2, 0.25) is 0 Å². The fourth-order valence-electron chi connectivity index (χ4n) is 2.47. The Labute approximate surface area is 112 Å². The quantitative estimate of drug-likeness (QED) is 0.778. The fourth-order valence-corrected chi connectivity index (χ4v) is 2.47. The summed E-state index contributed by atoms with van der Waals surface area (Å²) in [7, 11) is 1.97. The van der Waals surface area contributed by atoms with E-state index in [0.717, 1.165) is 23.2 Å². The molecule has 0 amide bonds. The summed E-state index contributed by atoms with van der Waals surface area (Å²) in [5.74, 6) is 0. The third kappa shape index (κ3) is 2.25. The summed E-state index contributed by atoms with van der Waals surface area (Å²) in [4.78, 5) is 0. The molecule has 0 saturated heterocycles. The molecule has 3 aromatic rings. The van der Waals surface area contributed by atoms with Gasteiger partial charge in [-0.1, -0.05) is 48.5 Å². The van der Waals surface area contributed by atoms with Crippen LogP contribution >= 0.6 is 0 Å². The lowest BCUT2D eigenvalue weighted by atomic mass is 10.0. The minimum Gasteiger partial charge on any atom is -0.324 e. The lowest BCUT2D eigenvalue weighted by Gasteiger charge is -2.10. The molecule has 0 saturated carbocycles. The molecule has 0 bridgehead atoms. The molecule has 1 atom stereocenters. The monoisotopic (exact) mass is 251 g/mol. The third-order valence-electron chi connectivity index (χ3n) is 3.48. The van der Waals surface area contributed by atoms with Crippen molar-refractivity contribution in [2.24, 2.45) is 12.8 Å². The summed E-state index contributed by atoms with van der Waals surface area (Å²) in [5, 5.41) is 5.78. The van der Waals surface area contributed by atoms with E-state index >= 15 is 0 Å². The van der Waals surface area contributed by atoms with E-state index in [0.29, 0.717) is 0 Å². The van der Waals surface area contributed by atoms with Gasteiger partial charge in [0.05, 0.1) is 11.2 Å². The first-order chi connectivity index (χ1) is 9.25. The van der Waals surface area contributed by atoms with E-state index in [4.69, 9.17) is 5.73 Å². The van der Waals surface area contributed by atoms with Crippen molar-refractivity contribution in [2.75, 3.05) is 0 Å². The maximum atomic E-state index is 6.28. The first kappa shape index (κ1) is 11.9. The van der Waals surface area contributed by atoms with Gasteiger partial charge >= 0.3 is 0 Å². The van der Waals surface area contributed by atoms with Crippen LogP contribution in [0.4, 0.5) is 0 Å². The van der Waals surface area contributed by atoms with Crippen molar-refractivity contribution >= 4 is 10.9 Å². The van der Waals surface area contributed by atoms with Crippen LogP contribution in [-0.4, -0.2) is 9.78 Å². The van der Waals surface area contributed by atoms with Crippen LogP contribution in [0.1, 0.15) is 17.3 Å². The van der Waals surface area contributed by atoms with E-state index in [1.165, 1.54) is 5.39 Å². The average molecular weight is 251 g/mol. The van der Waals surface area contributed by atoms with Gasteiger partial charge in [0.1, 0.15) is 0 Å². The van der Waals surface area contributed by atoms with Gasteiger partial charge in [-0.3, -0.25) is 4.68 Å². The van der Waals surface area contributed by atoms with E-state index in [-0.39, 0.29) is 6.04 Å². The molecule has 3 rings (SSSR count). The van der Waals surface area contributed by atoms with Gasteiger partial charge in [0.15, 0.2) is 0 Å². The Kier molecular flexibility index (Phi) is 3.05. The number of hydrogen-bond donors (Lipinski definition) is 1. The molecule has 0 spiro atoms. The minimum absolute atomic E-state index is 0.0143. The smallest absolute Gasteiger partial charge is 0.0722 e. The zero-order chi connectivity index (χ0) is 13.2. The van der Waals surface area contributed by atoms with Crippen LogP contribution in [-0.2, 0) is 13.5 Å². The van der Waals surface area contributed by atoms with E-state index in [1.54, 1.807) is 0 Å². The predicted molar refractivity (Wildman–Crippen MR) is 77.8 cm³/mol. The summed E-state index contributed by atoms with van der Waals surface area (Å²) in [5.41, 5.74) is 9.64. The Morgan fingerprint density at radius 3 is 2.53 bits per heavy atom. The second kappa shape index (κ2) is 4.86. The van der Waals surface area contributed by atoms with Gasteiger partial charge in [-0.05, 0) is 11.6 Å². The summed E-state index contributed by atoms with van der Waals surface area (Å²) >= 11 is 0. The van der Waals surface area contributed by atoms with Gasteiger partial charge in [-0.15, -0.1) is 0 Å². The first-order valence-corrected chi connectivity index (χ1v) is 6.47. The minimum atomic E-state index is -0.0143. The van der Waals surface area contributed by atoms with Gasteiger partial charge in [0, 0.05) is 24.9 Å². The van der Waals surface area contributed by atoms with Gasteiger partial charge < -0.3 is 5.73 Å². The Bertz CT molecular complexity index is 686. The van der Waals surface area contributed by atoms with Crippen LogP contribution < -0.4 is 5.73 Å². The molecule has 3 heteroatoms. The highest BCUT2D eigenvalue weighted by Crippen LogP contribution is 2.22. The normalized spacial score (nSPS) is 12.7. The number of nitrogens with two attached hydrogens (primary N) is 1. The molecule has 0 fully saturated rings. The zero-order valence-electron chi connectivity index (χ0n) is 11.0. The van der Waals surface area contributed by atoms with Gasteiger partial charge in [-0.25, -0.2) is 0 Å². The van der Waals surface area contributed by atoms with Crippen molar-refractivity contribution in [3.8, 4) is 0 Å². The lowest BCUT2D eigenvalue weighted by molar-refractivity contribution is 0.682. The predicted octanol–water partition coefficient (Wildman–Crippen LogP) is 2.82. The number of aromatic nitrogens is 2. The molecule has 2 aromatic carbocycles. The Hall–Kier alpha value is -2.13. The number of nitrogens with zero attached hydrogens (tertiary/aromatic N) is 2. The molecule has 3 nitrogen and oxygen atoms in total. The summed E-state index contributed by atoms with van der Waals surface area (Å²) < 4.78 is 1.92. The van der Waals surface area contributed by atoms with Crippen molar-refractivity contribution in [3.63, 3.8) is 0 Å². The molecule has 96 valence electrons. The Morgan fingerprint density at radius 2 is 1.74 bits per heavy atom. The molecule has 2 N–H and O–H groups in total. The van der Waals surface area contributed by atoms with E-state index in [2.05, 4.69) is 29.4 Å². The third-order valence-corrected chi connectivity index (χ3v) is 3.48. The second-order valence-electron chi connectivity index (χ2n) is 4.81. The molecule has 0 aliphatic carbocycles. The molecule has 19 heavy (non-hydrogen) atoms. The average Bonchev–Trinajstić information content (AvgIpc) is 2.77. The maximum absolute atomic E-state index is 6.28. The van der Waals surface area contributed by atoms with Gasteiger partial charge in [0.2, 0.25) is 0 Å². The van der Waals surface area contributed by atoms with E-state index < -0.39 is 0 Å².